The Morgan fingerprint density at radius 1 is 1.29 bits per heavy atom. The molecular formula is C18H20F3N5O2. The molecular weight excluding hydrogens is 375 g/mol. The summed E-state index contributed by atoms with van der Waals surface area (Å²) >= 11 is 0. The minimum Gasteiger partial charge on any atom is -0.355 e. The van der Waals surface area contributed by atoms with E-state index in [-0.39, 0.29) is 24.7 Å². The summed E-state index contributed by atoms with van der Waals surface area (Å²) in [5.74, 6) is -0.0887. The van der Waals surface area contributed by atoms with Crippen LogP contribution in [0.25, 0.3) is 11.3 Å². The zero-order valence-corrected chi connectivity index (χ0v) is 15.2. The van der Waals surface area contributed by atoms with Crippen LogP contribution in [0, 0.1) is 0 Å². The predicted octanol–water partition coefficient (Wildman–Crippen LogP) is 1.97. The Hall–Kier alpha value is -2.91. The maximum atomic E-state index is 13.1. The van der Waals surface area contributed by atoms with Gasteiger partial charge in [-0.25, -0.2) is 9.67 Å². The van der Waals surface area contributed by atoms with Gasteiger partial charge in [0, 0.05) is 30.9 Å². The lowest BCUT2D eigenvalue weighted by Gasteiger charge is -2.27. The molecule has 2 aromatic rings. The van der Waals surface area contributed by atoms with E-state index in [2.05, 4.69) is 15.4 Å². The number of hydrogen-bond acceptors (Lipinski definition) is 5. The fourth-order valence-corrected chi connectivity index (χ4v) is 3.19. The number of aromatic nitrogens is 3. The van der Waals surface area contributed by atoms with Crippen molar-refractivity contribution in [2.75, 3.05) is 18.0 Å². The van der Waals surface area contributed by atoms with E-state index in [9.17, 15) is 22.8 Å². The summed E-state index contributed by atoms with van der Waals surface area (Å²) in [5.41, 5.74) is 0.512. The number of halogens is 3. The third kappa shape index (κ3) is 4.32. The maximum Gasteiger partial charge on any atom is 0.408 e. The summed E-state index contributed by atoms with van der Waals surface area (Å²) in [6.45, 7) is 2.29. The lowest BCUT2D eigenvalue weighted by Crippen LogP contribution is -2.41. The Labute approximate surface area is 159 Å². The molecule has 0 aromatic carbocycles. The van der Waals surface area contributed by atoms with Crippen molar-refractivity contribution in [3.8, 4) is 11.3 Å². The number of rotatable bonds is 5. The van der Waals surface area contributed by atoms with E-state index >= 15 is 0 Å². The number of carbonyl (C=O) groups excluding carboxylic acids is 1. The molecule has 7 nitrogen and oxygen atoms in total. The third-order valence-electron chi connectivity index (χ3n) is 4.50. The zero-order chi connectivity index (χ0) is 20.3. The first-order chi connectivity index (χ1) is 13.3. The molecule has 1 amide bonds. The van der Waals surface area contributed by atoms with E-state index < -0.39 is 17.8 Å². The van der Waals surface area contributed by atoms with Crippen molar-refractivity contribution in [1.29, 1.82) is 0 Å². The van der Waals surface area contributed by atoms with Gasteiger partial charge < -0.3 is 10.2 Å². The van der Waals surface area contributed by atoms with E-state index in [0.717, 1.165) is 4.68 Å². The number of alkyl halides is 3. The summed E-state index contributed by atoms with van der Waals surface area (Å²) in [5, 5.41) is 6.74. The van der Waals surface area contributed by atoms with Crippen LogP contribution in [0.4, 0.5) is 19.0 Å². The second-order valence-electron chi connectivity index (χ2n) is 6.47. The van der Waals surface area contributed by atoms with Crippen molar-refractivity contribution in [2.45, 2.75) is 38.5 Å². The Morgan fingerprint density at radius 3 is 2.71 bits per heavy atom. The zero-order valence-electron chi connectivity index (χ0n) is 15.2. The molecule has 3 heterocycles. The van der Waals surface area contributed by atoms with Crippen molar-refractivity contribution in [2.24, 2.45) is 0 Å². The standard InChI is InChI=1S/C18H20F3N5O2/c1-2-22-16(27)11-26-17(28)8-6-13(24-26)12-5-7-15(23-10-12)25-9-3-4-14(25)18(19,20)21/h5-8,10,14H,2-4,9,11H2,1H3,(H,22,27). The fourth-order valence-electron chi connectivity index (χ4n) is 3.19. The molecule has 10 heteroatoms. The molecule has 150 valence electrons. The van der Waals surface area contributed by atoms with Gasteiger partial charge in [0.15, 0.2) is 0 Å². The first-order valence-corrected chi connectivity index (χ1v) is 8.94. The summed E-state index contributed by atoms with van der Waals surface area (Å²) in [7, 11) is 0. The second-order valence-corrected chi connectivity index (χ2v) is 6.47. The summed E-state index contributed by atoms with van der Waals surface area (Å²) in [6.07, 6.45) is -2.36. The molecule has 0 aliphatic carbocycles. The Bertz CT molecular complexity index is 895. The SMILES string of the molecule is CCNC(=O)Cn1nc(-c2ccc(N3CCCC3C(F)(F)F)nc2)ccc1=O. The Kier molecular flexibility index (Phi) is 5.66. The number of likely N-dealkylation sites (N-methyl/N-ethyl adjacent to an activating group) is 1. The average Bonchev–Trinajstić information content (AvgIpc) is 3.14. The van der Waals surface area contributed by atoms with Gasteiger partial charge in [0.1, 0.15) is 18.4 Å². The molecule has 0 saturated carbocycles. The number of hydrogen-bond donors (Lipinski definition) is 1. The van der Waals surface area contributed by atoms with Crippen LogP contribution < -0.4 is 15.8 Å². The highest BCUT2D eigenvalue weighted by molar-refractivity contribution is 5.75. The topological polar surface area (TPSA) is 80.1 Å². The molecule has 1 N–H and O–H groups in total. The molecule has 1 unspecified atom stereocenters. The van der Waals surface area contributed by atoms with Crippen LogP contribution in [0.1, 0.15) is 19.8 Å². The minimum atomic E-state index is -4.30. The number of nitrogens with one attached hydrogen (secondary N) is 1. The largest absolute Gasteiger partial charge is 0.408 e. The highest BCUT2D eigenvalue weighted by atomic mass is 19.4. The van der Waals surface area contributed by atoms with E-state index in [1.807, 2.05) is 0 Å². The van der Waals surface area contributed by atoms with E-state index in [0.29, 0.717) is 30.8 Å². The Balaban J connectivity index is 1.82. The third-order valence-corrected chi connectivity index (χ3v) is 4.50. The molecule has 1 fully saturated rings. The molecule has 2 aromatic heterocycles. The van der Waals surface area contributed by atoms with Gasteiger partial charge in [-0.3, -0.25) is 9.59 Å². The number of amides is 1. The van der Waals surface area contributed by atoms with Gasteiger partial charge >= 0.3 is 6.18 Å². The highest BCUT2D eigenvalue weighted by Crippen LogP contribution is 2.35. The van der Waals surface area contributed by atoms with Gasteiger partial charge in [-0.15, -0.1) is 0 Å². The van der Waals surface area contributed by atoms with Gasteiger partial charge in [0.25, 0.3) is 5.56 Å². The van der Waals surface area contributed by atoms with Gasteiger partial charge in [-0.1, -0.05) is 0 Å². The van der Waals surface area contributed by atoms with E-state index in [1.54, 1.807) is 13.0 Å². The summed E-state index contributed by atoms with van der Waals surface area (Å²) in [6, 6.07) is 4.37. The number of carbonyl (C=O) groups is 1. The van der Waals surface area contributed by atoms with Crippen LogP contribution in [0.5, 0.6) is 0 Å². The van der Waals surface area contributed by atoms with Crippen molar-refractivity contribution in [3.05, 3.63) is 40.8 Å². The van der Waals surface area contributed by atoms with E-state index in [4.69, 9.17) is 0 Å². The summed E-state index contributed by atoms with van der Waals surface area (Å²) in [4.78, 5) is 29.0. The quantitative estimate of drug-likeness (QED) is 0.837. The normalized spacial score (nSPS) is 17.0. The van der Waals surface area contributed by atoms with Crippen LogP contribution >= 0.6 is 0 Å². The minimum absolute atomic E-state index is 0.0548. The van der Waals surface area contributed by atoms with Crippen molar-refractivity contribution >= 4 is 11.7 Å². The van der Waals surface area contributed by atoms with Gasteiger partial charge in [-0.05, 0) is 38.0 Å². The molecule has 28 heavy (non-hydrogen) atoms. The van der Waals surface area contributed by atoms with Crippen molar-refractivity contribution < 1.29 is 18.0 Å². The lowest BCUT2D eigenvalue weighted by molar-refractivity contribution is -0.146. The molecule has 0 radical (unpaired) electrons. The van der Waals surface area contributed by atoms with Crippen LogP contribution in [-0.2, 0) is 11.3 Å². The first-order valence-electron chi connectivity index (χ1n) is 8.94. The molecule has 0 spiro atoms. The van der Waals surface area contributed by atoms with Crippen molar-refractivity contribution in [1.82, 2.24) is 20.1 Å². The first kappa shape index (κ1) is 19.8. The van der Waals surface area contributed by atoms with Gasteiger partial charge in [0.05, 0.1) is 5.69 Å². The number of nitrogens with zero attached hydrogens (tertiary/aromatic N) is 4. The molecule has 1 aliphatic rings. The van der Waals surface area contributed by atoms with E-state index in [1.165, 1.54) is 29.3 Å². The monoisotopic (exact) mass is 395 g/mol. The molecule has 3 rings (SSSR count). The fraction of sp³-hybridized carbons (Fsp3) is 0.444. The average molecular weight is 395 g/mol. The highest BCUT2D eigenvalue weighted by Gasteiger charge is 2.46. The molecule has 1 atom stereocenters. The van der Waals surface area contributed by atoms with Gasteiger partial charge in [-0.2, -0.15) is 18.3 Å². The lowest BCUT2D eigenvalue weighted by atomic mass is 10.2. The van der Waals surface area contributed by atoms with Crippen molar-refractivity contribution in [3.63, 3.8) is 0 Å². The van der Waals surface area contributed by atoms with Crippen LogP contribution in [0.2, 0.25) is 0 Å². The maximum absolute atomic E-state index is 13.1. The second kappa shape index (κ2) is 7.99. The Morgan fingerprint density at radius 2 is 2.07 bits per heavy atom. The molecule has 1 saturated heterocycles. The smallest absolute Gasteiger partial charge is 0.355 e. The number of pyridine rings is 1. The van der Waals surface area contributed by atoms with Crippen LogP contribution in [-0.4, -0.2) is 46.0 Å². The van der Waals surface area contributed by atoms with Crippen LogP contribution in [0.15, 0.2) is 35.3 Å². The van der Waals surface area contributed by atoms with Crippen LogP contribution in [0.3, 0.4) is 0 Å². The molecule has 0 bridgehead atoms. The molecule has 1 aliphatic heterocycles. The summed E-state index contributed by atoms with van der Waals surface area (Å²) < 4.78 is 40.4. The number of anilines is 1. The van der Waals surface area contributed by atoms with Gasteiger partial charge in [0.2, 0.25) is 5.91 Å². The predicted molar refractivity (Wildman–Crippen MR) is 96.8 cm³/mol.